The molecule has 0 aliphatic rings. The minimum atomic E-state index is -0.243. The SMILES string of the molecule is CCCn1ncc(Cl)c1C(NN)c1scc(C)c1Cl. The Morgan fingerprint density at radius 3 is 2.79 bits per heavy atom. The molecule has 1 unspecified atom stereocenters. The fourth-order valence-corrected chi connectivity index (χ4v) is 3.59. The van der Waals surface area contributed by atoms with Crippen LogP contribution >= 0.6 is 34.5 Å². The lowest BCUT2D eigenvalue weighted by Gasteiger charge is -2.17. The second-order valence-electron chi connectivity index (χ2n) is 4.30. The number of rotatable bonds is 5. The molecule has 0 aliphatic heterocycles. The summed E-state index contributed by atoms with van der Waals surface area (Å²) in [6, 6.07) is -0.243. The van der Waals surface area contributed by atoms with E-state index in [0.717, 1.165) is 34.1 Å². The van der Waals surface area contributed by atoms with Gasteiger partial charge in [0.15, 0.2) is 0 Å². The van der Waals surface area contributed by atoms with Crippen molar-refractivity contribution in [2.75, 3.05) is 0 Å². The molecule has 4 nitrogen and oxygen atoms in total. The Hall–Kier alpha value is -0.590. The highest BCUT2D eigenvalue weighted by Gasteiger charge is 2.25. The molecule has 2 aromatic rings. The third-order valence-corrected chi connectivity index (χ3v) is 4.97. The normalized spacial score (nSPS) is 12.9. The lowest BCUT2D eigenvalue weighted by molar-refractivity contribution is 0.524. The first-order valence-corrected chi connectivity index (χ1v) is 7.64. The fraction of sp³-hybridized carbons (Fsp3) is 0.417. The maximum Gasteiger partial charge on any atom is 0.1000 e. The van der Waals surface area contributed by atoms with Crippen LogP contribution in [-0.2, 0) is 6.54 Å². The molecule has 0 bridgehead atoms. The number of hydrazine groups is 1. The number of aryl methyl sites for hydroxylation is 2. The molecule has 0 spiro atoms. The highest BCUT2D eigenvalue weighted by Crippen LogP contribution is 2.37. The number of hydrogen-bond donors (Lipinski definition) is 2. The van der Waals surface area contributed by atoms with E-state index >= 15 is 0 Å². The summed E-state index contributed by atoms with van der Waals surface area (Å²) in [4.78, 5) is 0.960. The van der Waals surface area contributed by atoms with Crippen molar-refractivity contribution in [2.45, 2.75) is 32.9 Å². The van der Waals surface area contributed by atoms with Gasteiger partial charge in [-0.3, -0.25) is 10.5 Å². The van der Waals surface area contributed by atoms with Crippen LogP contribution in [0.15, 0.2) is 11.6 Å². The minimum absolute atomic E-state index is 0.243. The van der Waals surface area contributed by atoms with E-state index in [-0.39, 0.29) is 6.04 Å². The molecule has 2 aromatic heterocycles. The highest BCUT2D eigenvalue weighted by atomic mass is 35.5. The first-order valence-electron chi connectivity index (χ1n) is 6.00. The van der Waals surface area contributed by atoms with E-state index in [9.17, 15) is 0 Å². The third-order valence-electron chi connectivity index (χ3n) is 2.90. The standard InChI is InChI=1S/C12H16Cl2N4S/c1-3-4-18-11(8(13)5-16-18)10(17-15)12-9(14)7(2)6-19-12/h5-6,10,17H,3-4,15H2,1-2H3. The van der Waals surface area contributed by atoms with Gasteiger partial charge >= 0.3 is 0 Å². The van der Waals surface area contributed by atoms with Crippen molar-refractivity contribution < 1.29 is 0 Å². The summed E-state index contributed by atoms with van der Waals surface area (Å²) in [7, 11) is 0. The summed E-state index contributed by atoms with van der Waals surface area (Å²) in [6.45, 7) is 4.86. The molecule has 3 N–H and O–H groups in total. The molecule has 0 saturated carbocycles. The number of thiophene rings is 1. The van der Waals surface area contributed by atoms with Crippen molar-refractivity contribution in [2.24, 2.45) is 5.84 Å². The van der Waals surface area contributed by atoms with Gasteiger partial charge in [0, 0.05) is 11.4 Å². The van der Waals surface area contributed by atoms with Gasteiger partial charge < -0.3 is 0 Å². The fourth-order valence-electron chi connectivity index (χ4n) is 1.97. The number of hydrogen-bond acceptors (Lipinski definition) is 4. The van der Waals surface area contributed by atoms with E-state index in [0.29, 0.717) is 5.02 Å². The maximum absolute atomic E-state index is 6.32. The molecular formula is C12H16Cl2N4S. The lowest BCUT2D eigenvalue weighted by Crippen LogP contribution is -2.30. The topological polar surface area (TPSA) is 55.9 Å². The van der Waals surface area contributed by atoms with E-state index in [1.165, 1.54) is 0 Å². The molecule has 0 aliphatic carbocycles. The average Bonchev–Trinajstić information content (AvgIpc) is 2.90. The van der Waals surface area contributed by atoms with Crippen LogP contribution in [0.3, 0.4) is 0 Å². The van der Waals surface area contributed by atoms with Gasteiger partial charge in [-0.2, -0.15) is 5.10 Å². The summed E-state index contributed by atoms with van der Waals surface area (Å²) in [6.07, 6.45) is 2.62. The van der Waals surface area contributed by atoms with E-state index in [1.807, 2.05) is 17.0 Å². The highest BCUT2D eigenvalue weighted by molar-refractivity contribution is 7.10. The van der Waals surface area contributed by atoms with Crippen molar-refractivity contribution in [3.8, 4) is 0 Å². The zero-order valence-electron chi connectivity index (χ0n) is 10.8. The van der Waals surface area contributed by atoms with Crippen molar-refractivity contribution in [1.29, 1.82) is 0 Å². The van der Waals surface area contributed by atoms with E-state index in [4.69, 9.17) is 29.0 Å². The molecule has 7 heteroatoms. The second-order valence-corrected chi connectivity index (χ2v) is 5.99. The quantitative estimate of drug-likeness (QED) is 0.655. The van der Waals surface area contributed by atoms with Crippen LogP contribution in [0.2, 0.25) is 10.0 Å². The lowest BCUT2D eigenvalue weighted by atomic mass is 10.1. The Morgan fingerprint density at radius 2 is 2.26 bits per heavy atom. The minimum Gasteiger partial charge on any atom is -0.270 e. The molecule has 0 aromatic carbocycles. The Morgan fingerprint density at radius 1 is 1.53 bits per heavy atom. The number of nitrogens with two attached hydrogens (primary N) is 1. The summed E-state index contributed by atoms with van der Waals surface area (Å²) in [5, 5.41) is 7.62. The van der Waals surface area contributed by atoms with Crippen LogP contribution in [0.5, 0.6) is 0 Å². The summed E-state index contributed by atoms with van der Waals surface area (Å²) < 4.78 is 1.87. The zero-order valence-corrected chi connectivity index (χ0v) is 13.1. The van der Waals surface area contributed by atoms with Crippen LogP contribution in [0.25, 0.3) is 0 Å². The monoisotopic (exact) mass is 318 g/mol. The van der Waals surface area contributed by atoms with Crippen molar-refractivity contribution in [3.05, 3.63) is 37.8 Å². The van der Waals surface area contributed by atoms with Gasteiger partial charge in [0.1, 0.15) is 0 Å². The molecule has 0 amide bonds. The van der Waals surface area contributed by atoms with Gasteiger partial charge in [-0.1, -0.05) is 30.1 Å². The molecule has 2 rings (SSSR count). The molecule has 1 atom stereocenters. The Balaban J connectivity index is 2.48. The largest absolute Gasteiger partial charge is 0.270 e. The van der Waals surface area contributed by atoms with Crippen LogP contribution < -0.4 is 11.3 Å². The Bertz CT molecular complexity index is 564. The van der Waals surface area contributed by atoms with Crippen LogP contribution in [-0.4, -0.2) is 9.78 Å². The molecule has 0 radical (unpaired) electrons. The first-order chi connectivity index (χ1) is 9.10. The van der Waals surface area contributed by atoms with Crippen LogP contribution in [0, 0.1) is 6.92 Å². The average molecular weight is 319 g/mol. The van der Waals surface area contributed by atoms with Crippen molar-refractivity contribution in [1.82, 2.24) is 15.2 Å². The number of halogens is 2. The second kappa shape index (κ2) is 6.24. The summed E-state index contributed by atoms with van der Waals surface area (Å²) >= 11 is 14.1. The molecular weight excluding hydrogens is 303 g/mol. The predicted molar refractivity (Wildman–Crippen MR) is 80.8 cm³/mol. The van der Waals surface area contributed by atoms with Gasteiger partial charge in [0.2, 0.25) is 0 Å². The van der Waals surface area contributed by atoms with Crippen LogP contribution in [0.1, 0.15) is 35.5 Å². The van der Waals surface area contributed by atoms with Crippen molar-refractivity contribution >= 4 is 34.5 Å². The zero-order chi connectivity index (χ0) is 14.0. The van der Waals surface area contributed by atoms with Crippen molar-refractivity contribution in [3.63, 3.8) is 0 Å². The van der Waals surface area contributed by atoms with Gasteiger partial charge in [0.25, 0.3) is 0 Å². The van der Waals surface area contributed by atoms with Gasteiger partial charge in [-0.15, -0.1) is 11.3 Å². The molecule has 0 saturated heterocycles. The van der Waals surface area contributed by atoms with E-state index in [2.05, 4.69) is 17.4 Å². The summed E-state index contributed by atoms with van der Waals surface area (Å²) in [5.74, 6) is 5.71. The molecule has 0 fully saturated rings. The number of nitrogens with zero attached hydrogens (tertiary/aromatic N) is 2. The van der Waals surface area contributed by atoms with Gasteiger partial charge in [-0.25, -0.2) is 5.43 Å². The number of aromatic nitrogens is 2. The van der Waals surface area contributed by atoms with E-state index in [1.54, 1.807) is 17.5 Å². The Kier molecular flexibility index (Phi) is 4.86. The van der Waals surface area contributed by atoms with Gasteiger partial charge in [-0.05, 0) is 24.3 Å². The maximum atomic E-state index is 6.32. The third kappa shape index (κ3) is 2.80. The smallest absolute Gasteiger partial charge is 0.1000 e. The molecule has 104 valence electrons. The molecule has 19 heavy (non-hydrogen) atoms. The van der Waals surface area contributed by atoms with Crippen LogP contribution in [0.4, 0.5) is 0 Å². The number of nitrogens with one attached hydrogen (secondary N) is 1. The Labute approximate surface area is 126 Å². The van der Waals surface area contributed by atoms with E-state index < -0.39 is 0 Å². The predicted octanol–water partition coefficient (Wildman–Crippen LogP) is 3.52. The summed E-state index contributed by atoms with van der Waals surface area (Å²) in [5.41, 5.74) is 4.69. The van der Waals surface area contributed by atoms with Gasteiger partial charge in [0.05, 0.1) is 28.0 Å². The molecule has 2 heterocycles. The first kappa shape index (κ1) is 14.8.